The summed E-state index contributed by atoms with van der Waals surface area (Å²) >= 11 is 0. The zero-order valence-electron chi connectivity index (χ0n) is 15.7. The molecule has 2 aromatic rings. The summed E-state index contributed by atoms with van der Waals surface area (Å²) in [6, 6.07) is 7.60. The molecule has 4 bridgehead atoms. The Kier molecular flexibility index (Phi) is 3.66. The molecule has 0 radical (unpaired) electrons. The first-order chi connectivity index (χ1) is 13.0. The minimum absolute atomic E-state index is 0.0124. The number of tetrazole rings is 1. The number of aromatic nitrogens is 4. The van der Waals surface area contributed by atoms with E-state index in [1.165, 1.54) is 6.42 Å². The van der Waals surface area contributed by atoms with E-state index in [4.69, 9.17) is 5.73 Å². The molecule has 3 N–H and O–H groups in total. The van der Waals surface area contributed by atoms with Gasteiger partial charge < -0.3 is 11.1 Å². The Hall–Kier alpha value is -2.28. The maximum absolute atomic E-state index is 13.0. The first-order valence-corrected chi connectivity index (χ1v) is 9.88. The van der Waals surface area contributed by atoms with Crippen LogP contribution in [0.1, 0.15) is 60.3 Å². The standard InChI is InChI=1S/C20H26N6O/c1-13-23-25-26(24-13)20-9-15-6-16(10-20)8-19(7-15,12-20)22-18(27)17-4-2-14(11-21)3-5-17/h2-5,15-16H,6-12,21H2,1H3,(H,22,27). The Balaban J connectivity index is 1.42. The molecule has 0 saturated heterocycles. The Morgan fingerprint density at radius 3 is 2.52 bits per heavy atom. The van der Waals surface area contributed by atoms with Crippen molar-refractivity contribution in [2.75, 3.05) is 0 Å². The Labute approximate surface area is 158 Å². The average molecular weight is 366 g/mol. The van der Waals surface area contributed by atoms with E-state index in [2.05, 4.69) is 20.7 Å². The maximum atomic E-state index is 13.0. The third-order valence-corrected chi connectivity index (χ3v) is 6.80. The van der Waals surface area contributed by atoms with Crippen LogP contribution in [0.15, 0.2) is 24.3 Å². The zero-order valence-corrected chi connectivity index (χ0v) is 15.7. The van der Waals surface area contributed by atoms with Gasteiger partial charge in [0.15, 0.2) is 5.82 Å². The summed E-state index contributed by atoms with van der Waals surface area (Å²) in [4.78, 5) is 14.8. The normalized spacial score (nSPS) is 34.0. The molecule has 2 atom stereocenters. The highest BCUT2D eigenvalue weighted by molar-refractivity contribution is 5.94. The second kappa shape index (κ2) is 5.86. The summed E-state index contributed by atoms with van der Waals surface area (Å²) in [5, 5.41) is 16.4. The van der Waals surface area contributed by atoms with Crippen LogP contribution in [0.2, 0.25) is 0 Å². The molecule has 142 valence electrons. The maximum Gasteiger partial charge on any atom is 0.251 e. The van der Waals surface area contributed by atoms with Gasteiger partial charge in [-0.1, -0.05) is 12.1 Å². The zero-order chi connectivity index (χ0) is 18.6. The van der Waals surface area contributed by atoms with E-state index in [1.807, 2.05) is 36.0 Å². The van der Waals surface area contributed by atoms with Crippen LogP contribution in [-0.4, -0.2) is 31.7 Å². The van der Waals surface area contributed by atoms with Crippen LogP contribution in [-0.2, 0) is 12.1 Å². The van der Waals surface area contributed by atoms with E-state index in [9.17, 15) is 4.79 Å². The molecule has 2 unspecified atom stereocenters. The fourth-order valence-corrected chi connectivity index (χ4v) is 6.18. The minimum atomic E-state index is -0.157. The molecule has 4 aliphatic carbocycles. The van der Waals surface area contributed by atoms with E-state index >= 15 is 0 Å². The predicted molar refractivity (Wildman–Crippen MR) is 99.7 cm³/mol. The number of carbonyl (C=O) groups is 1. The van der Waals surface area contributed by atoms with Gasteiger partial charge in [-0.25, -0.2) is 0 Å². The van der Waals surface area contributed by atoms with Crippen molar-refractivity contribution in [3.05, 3.63) is 41.2 Å². The van der Waals surface area contributed by atoms with Gasteiger partial charge in [0.05, 0.1) is 5.54 Å². The van der Waals surface area contributed by atoms with E-state index in [0.717, 1.165) is 37.7 Å². The smallest absolute Gasteiger partial charge is 0.251 e. The first-order valence-electron chi connectivity index (χ1n) is 9.88. The Morgan fingerprint density at radius 2 is 1.93 bits per heavy atom. The summed E-state index contributed by atoms with van der Waals surface area (Å²) in [5.74, 6) is 1.97. The molecule has 1 aromatic carbocycles. The van der Waals surface area contributed by atoms with E-state index in [1.54, 1.807) is 0 Å². The van der Waals surface area contributed by atoms with Crippen LogP contribution in [0.4, 0.5) is 0 Å². The van der Waals surface area contributed by atoms with Gasteiger partial charge in [-0.3, -0.25) is 4.79 Å². The van der Waals surface area contributed by atoms with Gasteiger partial charge in [0.2, 0.25) is 0 Å². The van der Waals surface area contributed by atoms with Crippen molar-refractivity contribution in [3.63, 3.8) is 0 Å². The quantitative estimate of drug-likeness (QED) is 0.861. The van der Waals surface area contributed by atoms with Crippen molar-refractivity contribution in [3.8, 4) is 0 Å². The molecule has 4 aliphatic rings. The number of rotatable bonds is 4. The molecular formula is C20H26N6O. The van der Waals surface area contributed by atoms with Gasteiger partial charge in [-0.05, 0) is 80.2 Å². The number of nitrogens with two attached hydrogens (primary N) is 1. The number of nitrogens with one attached hydrogen (secondary N) is 1. The van der Waals surface area contributed by atoms with Crippen LogP contribution >= 0.6 is 0 Å². The fraction of sp³-hybridized carbons (Fsp3) is 0.600. The predicted octanol–water partition coefficient (Wildman–Crippen LogP) is 1.92. The molecule has 4 saturated carbocycles. The summed E-state index contributed by atoms with van der Waals surface area (Å²) in [7, 11) is 0. The summed E-state index contributed by atoms with van der Waals surface area (Å²) in [6.45, 7) is 2.37. The Bertz CT molecular complexity index is 859. The molecule has 4 fully saturated rings. The van der Waals surface area contributed by atoms with Crippen molar-refractivity contribution in [2.24, 2.45) is 17.6 Å². The lowest BCUT2D eigenvalue weighted by Crippen LogP contribution is -2.66. The lowest BCUT2D eigenvalue weighted by molar-refractivity contribution is -0.0811. The second-order valence-corrected chi connectivity index (χ2v) is 8.95. The lowest BCUT2D eigenvalue weighted by Gasteiger charge is -2.61. The lowest BCUT2D eigenvalue weighted by atomic mass is 9.50. The number of hydrogen-bond donors (Lipinski definition) is 2. The summed E-state index contributed by atoms with van der Waals surface area (Å²) in [5.41, 5.74) is 7.15. The summed E-state index contributed by atoms with van der Waals surface area (Å²) < 4.78 is 0. The van der Waals surface area contributed by atoms with Gasteiger partial charge in [0, 0.05) is 17.6 Å². The fourth-order valence-electron chi connectivity index (χ4n) is 6.18. The molecule has 0 aliphatic heterocycles. The second-order valence-electron chi connectivity index (χ2n) is 8.95. The molecule has 7 heteroatoms. The average Bonchev–Trinajstić information content (AvgIpc) is 3.07. The van der Waals surface area contributed by atoms with Crippen molar-refractivity contribution < 1.29 is 4.79 Å². The molecule has 1 aromatic heterocycles. The number of aryl methyl sites for hydroxylation is 1. The van der Waals surface area contributed by atoms with Gasteiger partial charge in [-0.15, -0.1) is 10.2 Å². The van der Waals surface area contributed by atoms with Crippen LogP contribution in [0.5, 0.6) is 0 Å². The molecule has 7 nitrogen and oxygen atoms in total. The largest absolute Gasteiger partial charge is 0.346 e. The first kappa shape index (κ1) is 16.9. The highest BCUT2D eigenvalue weighted by Crippen LogP contribution is 2.60. The topological polar surface area (TPSA) is 98.7 Å². The van der Waals surface area contributed by atoms with Crippen molar-refractivity contribution in [1.82, 2.24) is 25.5 Å². The number of nitrogens with zero attached hydrogens (tertiary/aromatic N) is 4. The molecule has 0 spiro atoms. The summed E-state index contributed by atoms with van der Waals surface area (Å²) in [6.07, 6.45) is 6.48. The van der Waals surface area contributed by atoms with E-state index in [-0.39, 0.29) is 17.0 Å². The highest BCUT2D eigenvalue weighted by atomic mass is 16.1. The van der Waals surface area contributed by atoms with Crippen molar-refractivity contribution >= 4 is 5.91 Å². The Morgan fingerprint density at radius 1 is 1.22 bits per heavy atom. The molecule has 27 heavy (non-hydrogen) atoms. The van der Waals surface area contributed by atoms with Gasteiger partial charge in [-0.2, -0.15) is 4.80 Å². The third kappa shape index (κ3) is 2.76. The van der Waals surface area contributed by atoms with E-state index in [0.29, 0.717) is 29.8 Å². The third-order valence-electron chi connectivity index (χ3n) is 6.80. The van der Waals surface area contributed by atoms with Crippen molar-refractivity contribution in [1.29, 1.82) is 0 Å². The van der Waals surface area contributed by atoms with Gasteiger partial charge >= 0.3 is 0 Å². The van der Waals surface area contributed by atoms with Crippen LogP contribution in [0.25, 0.3) is 0 Å². The number of hydrogen-bond acceptors (Lipinski definition) is 5. The van der Waals surface area contributed by atoms with E-state index < -0.39 is 0 Å². The molecular weight excluding hydrogens is 340 g/mol. The van der Waals surface area contributed by atoms with Crippen LogP contribution in [0.3, 0.4) is 0 Å². The van der Waals surface area contributed by atoms with Gasteiger partial charge in [0.25, 0.3) is 5.91 Å². The highest BCUT2D eigenvalue weighted by Gasteiger charge is 2.60. The number of amides is 1. The molecule has 6 rings (SSSR count). The van der Waals surface area contributed by atoms with Gasteiger partial charge in [0.1, 0.15) is 0 Å². The van der Waals surface area contributed by atoms with Crippen molar-refractivity contribution in [2.45, 2.75) is 63.1 Å². The van der Waals surface area contributed by atoms with Crippen LogP contribution in [0, 0.1) is 18.8 Å². The SMILES string of the molecule is Cc1nnn(C23CC4CC(CC(NC(=O)c5ccc(CN)cc5)(C4)C2)C3)n1. The molecule has 1 amide bonds. The monoisotopic (exact) mass is 366 g/mol. The van der Waals surface area contributed by atoms with Crippen LogP contribution < -0.4 is 11.1 Å². The number of carbonyl (C=O) groups excluding carboxylic acids is 1. The number of benzene rings is 1. The molecule has 1 heterocycles. The minimum Gasteiger partial charge on any atom is -0.346 e.